The van der Waals surface area contributed by atoms with E-state index in [-0.39, 0.29) is 0 Å². The highest BCUT2D eigenvalue weighted by Gasteiger charge is 2.24. The average Bonchev–Trinajstić information content (AvgIpc) is 3.32. The maximum Gasteiger partial charge on any atom is 0.0443 e. The van der Waals surface area contributed by atoms with E-state index in [4.69, 9.17) is 0 Å². The molecule has 286 valence electrons. The molecule has 2 aliphatic rings. The molecule has 0 bridgehead atoms. The molecule has 12 rings (SSSR count). The highest BCUT2D eigenvalue weighted by Crippen LogP contribution is 2.49. The molecule has 0 N–H and O–H groups in total. The van der Waals surface area contributed by atoms with Gasteiger partial charge in [-0.25, -0.2) is 0 Å². The second-order valence-corrected chi connectivity index (χ2v) is 16.6. The Morgan fingerprint density at radius 1 is 0.317 bits per heavy atom. The Balaban J connectivity index is 1.15. The van der Waals surface area contributed by atoms with E-state index in [1.807, 2.05) is 0 Å². The Kier molecular flexibility index (Phi) is 8.30. The quantitative estimate of drug-likeness (QED) is 0.161. The van der Waals surface area contributed by atoms with Gasteiger partial charge in [0.15, 0.2) is 0 Å². The van der Waals surface area contributed by atoms with Crippen LogP contribution in [0, 0.1) is 0 Å². The van der Waals surface area contributed by atoms with Crippen molar-refractivity contribution in [2.24, 2.45) is 0 Å². The van der Waals surface area contributed by atoms with E-state index in [0.29, 0.717) is 0 Å². The second kappa shape index (κ2) is 14.3. The van der Waals surface area contributed by atoms with Gasteiger partial charge < -0.3 is 9.80 Å². The number of para-hydroxylation sites is 2. The molecule has 2 heteroatoms. The Labute approximate surface area is 351 Å². The summed E-state index contributed by atoms with van der Waals surface area (Å²) in [5, 5.41) is 10.2. The summed E-state index contributed by atoms with van der Waals surface area (Å²) in [7, 11) is 0. The van der Waals surface area contributed by atoms with Crippen molar-refractivity contribution in [1.82, 2.24) is 0 Å². The molecular weight excluding hydrogens is 725 g/mol. The predicted molar refractivity (Wildman–Crippen MR) is 256 cm³/mol. The summed E-state index contributed by atoms with van der Waals surface area (Å²) in [6.07, 6.45) is 4.52. The van der Waals surface area contributed by atoms with Gasteiger partial charge in [0.25, 0.3) is 0 Å². The average molecular weight is 769 g/mol. The van der Waals surface area contributed by atoms with Gasteiger partial charge >= 0.3 is 0 Å². The minimum Gasteiger partial charge on any atom is -0.341 e. The zero-order valence-corrected chi connectivity index (χ0v) is 33.6. The zero-order chi connectivity index (χ0) is 39.6. The van der Waals surface area contributed by atoms with Crippen molar-refractivity contribution in [3.05, 3.63) is 205 Å². The largest absolute Gasteiger partial charge is 0.341 e. The zero-order valence-electron chi connectivity index (χ0n) is 33.6. The minimum absolute atomic E-state index is 1.00. The molecule has 0 atom stereocenters. The van der Waals surface area contributed by atoms with Gasteiger partial charge in [-0.15, -0.1) is 0 Å². The molecule has 0 saturated carbocycles. The van der Waals surface area contributed by atoms with E-state index in [1.165, 1.54) is 110 Å². The summed E-state index contributed by atoms with van der Waals surface area (Å²) in [5.41, 5.74) is 15.6. The van der Waals surface area contributed by atoms with Crippen LogP contribution in [0.2, 0.25) is 0 Å². The van der Waals surface area contributed by atoms with E-state index in [9.17, 15) is 0 Å². The molecule has 2 heterocycles. The van der Waals surface area contributed by atoms with Crippen molar-refractivity contribution in [2.75, 3.05) is 22.9 Å². The maximum atomic E-state index is 2.55. The van der Waals surface area contributed by atoms with Crippen LogP contribution in [0.3, 0.4) is 0 Å². The summed E-state index contributed by atoms with van der Waals surface area (Å²) in [6.45, 7) is 2.00. The van der Waals surface area contributed by atoms with Crippen molar-refractivity contribution in [3.8, 4) is 33.4 Å². The van der Waals surface area contributed by atoms with Crippen molar-refractivity contribution < 1.29 is 0 Å². The molecule has 0 unspecified atom stereocenters. The fourth-order valence-corrected chi connectivity index (χ4v) is 10.5. The van der Waals surface area contributed by atoms with E-state index < -0.39 is 0 Å². The lowest BCUT2D eigenvalue weighted by Crippen LogP contribution is -2.24. The van der Waals surface area contributed by atoms with Crippen LogP contribution < -0.4 is 9.80 Å². The first-order valence-corrected chi connectivity index (χ1v) is 21.6. The van der Waals surface area contributed by atoms with E-state index in [2.05, 4.69) is 204 Å². The third-order valence-corrected chi connectivity index (χ3v) is 13.3. The Morgan fingerprint density at radius 3 is 1.40 bits per heavy atom. The van der Waals surface area contributed by atoms with E-state index in [1.54, 1.807) is 0 Å². The fraction of sp³-hybridized carbons (Fsp3) is 0.103. The van der Waals surface area contributed by atoms with Crippen LogP contribution in [0.4, 0.5) is 22.7 Å². The Morgan fingerprint density at radius 2 is 0.783 bits per heavy atom. The first-order valence-electron chi connectivity index (χ1n) is 21.6. The van der Waals surface area contributed by atoms with Crippen LogP contribution in [0.5, 0.6) is 0 Å². The first-order chi connectivity index (χ1) is 29.8. The third-order valence-electron chi connectivity index (χ3n) is 13.3. The lowest BCUT2D eigenvalue weighted by atomic mass is 9.83. The number of hydrogen-bond donors (Lipinski definition) is 0. The molecule has 0 fully saturated rings. The molecule has 0 spiro atoms. The van der Waals surface area contributed by atoms with Gasteiger partial charge in [-0.05, 0) is 150 Å². The van der Waals surface area contributed by atoms with Gasteiger partial charge in [-0.2, -0.15) is 0 Å². The number of rotatable bonds is 5. The van der Waals surface area contributed by atoms with Crippen molar-refractivity contribution >= 4 is 65.8 Å². The van der Waals surface area contributed by atoms with Gasteiger partial charge in [-0.3, -0.25) is 0 Å². The van der Waals surface area contributed by atoms with Gasteiger partial charge in [0, 0.05) is 35.8 Å². The molecule has 0 aliphatic carbocycles. The summed E-state index contributed by atoms with van der Waals surface area (Å²) in [4.78, 5) is 5.09. The molecule has 0 aromatic heterocycles. The number of aryl methyl sites for hydroxylation is 2. The van der Waals surface area contributed by atoms with Gasteiger partial charge in [0.05, 0.1) is 0 Å². The SMILES string of the molecule is c1ccc2c(c1)CCCN2c1ccc2c(-c3cccc4ccccc34)c3cc(N4CCCc5ccccc54)ccc3c(-c3ccc(-c4cccc5ccccc45)cc3)c2c1. The number of hydrogen-bond acceptors (Lipinski definition) is 2. The third kappa shape index (κ3) is 5.70. The molecule has 0 amide bonds. The summed E-state index contributed by atoms with van der Waals surface area (Å²) < 4.78 is 0. The molecular formula is C58H44N2. The lowest BCUT2D eigenvalue weighted by Gasteiger charge is -2.32. The number of fused-ring (bicyclic) bond motifs is 6. The number of benzene rings is 10. The van der Waals surface area contributed by atoms with E-state index >= 15 is 0 Å². The standard InChI is InChI=1S/C58H44N2/c1-5-21-47-39(13-1)17-9-23-48(47)41-27-29-44(30-28-41)57-51-33-31-46(60-36-12-20-43-16-4-8-26-56(43)60)38-54(51)58(50-24-10-18-40-14-2-6-22-49(40)50)52-34-32-45(37-53(52)57)59-35-11-19-42-15-3-7-25-55(42)59/h1-10,13-18,21-34,37-38H,11-12,19-20,35-36H2. The monoisotopic (exact) mass is 768 g/mol. The molecule has 2 nitrogen and oxygen atoms in total. The predicted octanol–water partition coefficient (Wildman–Crippen LogP) is 15.5. The Hall–Kier alpha value is -7.16. The Bertz CT molecular complexity index is 3280. The van der Waals surface area contributed by atoms with Crippen LogP contribution in [0.1, 0.15) is 24.0 Å². The summed E-state index contributed by atoms with van der Waals surface area (Å²) in [5.74, 6) is 0. The molecule has 2 aliphatic heterocycles. The first kappa shape index (κ1) is 34.8. The van der Waals surface area contributed by atoms with Crippen molar-refractivity contribution in [2.45, 2.75) is 25.7 Å². The second-order valence-electron chi connectivity index (χ2n) is 16.6. The topological polar surface area (TPSA) is 6.48 Å². The summed E-state index contributed by atoms with van der Waals surface area (Å²) in [6, 6.07) is 73.0. The van der Waals surface area contributed by atoms with Crippen LogP contribution >= 0.6 is 0 Å². The molecule has 10 aromatic rings. The number of anilines is 4. The van der Waals surface area contributed by atoms with Crippen LogP contribution in [0.25, 0.3) is 76.5 Å². The lowest BCUT2D eigenvalue weighted by molar-refractivity contribution is 0.767. The highest BCUT2D eigenvalue weighted by molar-refractivity contribution is 6.24. The van der Waals surface area contributed by atoms with Crippen molar-refractivity contribution in [1.29, 1.82) is 0 Å². The van der Waals surface area contributed by atoms with Gasteiger partial charge in [0.2, 0.25) is 0 Å². The van der Waals surface area contributed by atoms with Crippen LogP contribution in [-0.2, 0) is 12.8 Å². The van der Waals surface area contributed by atoms with Gasteiger partial charge in [-0.1, -0.05) is 158 Å². The smallest absolute Gasteiger partial charge is 0.0443 e. The fourth-order valence-electron chi connectivity index (χ4n) is 10.5. The normalized spacial score (nSPS) is 13.9. The van der Waals surface area contributed by atoms with Gasteiger partial charge in [0.1, 0.15) is 0 Å². The minimum atomic E-state index is 1.00. The van der Waals surface area contributed by atoms with E-state index in [0.717, 1.165) is 38.8 Å². The highest BCUT2D eigenvalue weighted by atomic mass is 15.1. The molecule has 0 radical (unpaired) electrons. The molecule has 10 aromatic carbocycles. The maximum absolute atomic E-state index is 2.55. The van der Waals surface area contributed by atoms with Crippen molar-refractivity contribution in [3.63, 3.8) is 0 Å². The molecule has 60 heavy (non-hydrogen) atoms. The number of nitrogens with zero attached hydrogens (tertiary/aromatic N) is 2. The van der Waals surface area contributed by atoms with Crippen LogP contribution in [0.15, 0.2) is 194 Å². The van der Waals surface area contributed by atoms with Crippen LogP contribution in [-0.4, -0.2) is 13.1 Å². The summed E-state index contributed by atoms with van der Waals surface area (Å²) >= 11 is 0. The molecule has 0 saturated heterocycles.